The fraction of sp³-hybridized carbons (Fsp3) is 0.250. The number of hydrogen-bond acceptors (Lipinski definition) is 6. The van der Waals surface area contributed by atoms with Gasteiger partial charge in [-0.05, 0) is 30.2 Å². The summed E-state index contributed by atoms with van der Waals surface area (Å²) in [5.74, 6) is 0.992. The average molecular weight is 369 g/mol. The second kappa shape index (κ2) is 7.90. The number of methoxy groups -OCH3 is 1. The number of aryl methyl sites for hydroxylation is 1. The summed E-state index contributed by atoms with van der Waals surface area (Å²) in [6, 6.07) is 11.1. The fourth-order valence-electron chi connectivity index (χ4n) is 2.93. The number of fused-ring (bicyclic) bond motifs is 1. The standard InChI is InChI=1S/C20H19NO6/c1-3-4-13-10-20(22)27-19-11-16(6-7-17(13)19)26-12-14-9-15(21(23)24)5-8-18(14)25-2/h5-11H,3-4,12H2,1-2H3. The first kappa shape index (κ1) is 18.4. The lowest BCUT2D eigenvalue weighted by atomic mass is 10.1. The van der Waals surface area contributed by atoms with Crippen molar-refractivity contribution in [2.75, 3.05) is 7.11 Å². The Morgan fingerprint density at radius 1 is 1.11 bits per heavy atom. The molecule has 7 nitrogen and oxygen atoms in total. The topological polar surface area (TPSA) is 91.8 Å². The Kier molecular flexibility index (Phi) is 5.40. The summed E-state index contributed by atoms with van der Waals surface area (Å²) in [5, 5.41) is 11.8. The third kappa shape index (κ3) is 4.08. The number of nitrogens with zero attached hydrogens (tertiary/aromatic N) is 1. The number of ether oxygens (including phenoxy) is 2. The minimum absolute atomic E-state index is 0.0388. The average Bonchev–Trinajstić information content (AvgIpc) is 2.65. The molecule has 7 heteroatoms. The smallest absolute Gasteiger partial charge is 0.336 e. The number of benzene rings is 2. The fourth-order valence-corrected chi connectivity index (χ4v) is 2.93. The highest BCUT2D eigenvalue weighted by atomic mass is 16.6. The number of hydrogen-bond donors (Lipinski definition) is 0. The largest absolute Gasteiger partial charge is 0.496 e. The van der Waals surface area contributed by atoms with Crippen LogP contribution in [0.5, 0.6) is 11.5 Å². The van der Waals surface area contributed by atoms with Crippen molar-refractivity contribution < 1.29 is 18.8 Å². The van der Waals surface area contributed by atoms with Crippen molar-refractivity contribution in [2.45, 2.75) is 26.4 Å². The summed E-state index contributed by atoms with van der Waals surface area (Å²) in [4.78, 5) is 22.3. The van der Waals surface area contributed by atoms with Crippen LogP contribution in [0.3, 0.4) is 0 Å². The van der Waals surface area contributed by atoms with Crippen molar-refractivity contribution in [1.29, 1.82) is 0 Å². The Hall–Kier alpha value is -3.35. The van der Waals surface area contributed by atoms with Gasteiger partial charge in [-0.3, -0.25) is 10.1 Å². The first-order valence-corrected chi connectivity index (χ1v) is 8.52. The highest BCUT2D eigenvalue weighted by molar-refractivity contribution is 5.81. The van der Waals surface area contributed by atoms with E-state index in [1.807, 2.05) is 13.0 Å². The Morgan fingerprint density at radius 3 is 2.63 bits per heavy atom. The summed E-state index contributed by atoms with van der Waals surface area (Å²) < 4.78 is 16.3. The Bertz CT molecular complexity index is 1040. The molecule has 0 fully saturated rings. The molecule has 27 heavy (non-hydrogen) atoms. The number of nitro benzene ring substituents is 1. The van der Waals surface area contributed by atoms with E-state index in [4.69, 9.17) is 13.9 Å². The third-order valence-electron chi connectivity index (χ3n) is 4.19. The summed E-state index contributed by atoms with van der Waals surface area (Å²) >= 11 is 0. The molecule has 3 aromatic rings. The quantitative estimate of drug-likeness (QED) is 0.351. The van der Waals surface area contributed by atoms with Gasteiger partial charge in [0.25, 0.3) is 5.69 Å². The predicted molar refractivity (Wildman–Crippen MR) is 100 cm³/mol. The molecule has 2 aromatic carbocycles. The van der Waals surface area contributed by atoms with Crippen LogP contribution in [0.2, 0.25) is 0 Å². The van der Waals surface area contributed by atoms with E-state index in [0.717, 1.165) is 23.8 Å². The normalized spacial score (nSPS) is 10.7. The van der Waals surface area contributed by atoms with Gasteiger partial charge >= 0.3 is 5.63 Å². The van der Waals surface area contributed by atoms with Gasteiger partial charge in [0.1, 0.15) is 23.7 Å². The molecule has 0 saturated heterocycles. The van der Waals surface area contributed by atoms with Crippen LogP contribution in [-0.4, -0.2) is 12.0 Å². The van der Waals surface area contributed by atoms with Crippen LogP contribution in [0.4, 0.5) is 5.69 Å². The first-order valence-electron chi connectivity index (χ1n) is 8.52. The summed E-state index contributed by atoms with van der Waals surface area (Å²) in [5.41, 5.74) is 1.50. The predicted octanol–water partition coefficient (Wildman–Crippen LogP) is 4.24. The first-order chi connectivity index (χ1) is 13.0. The van der Waals surface area contributed by atoms with Gasteiger partial charge in [0.05, 0.1) is 12.0 Å². The zero-order chi connectivity index (χ0) is 19.4. The van der Waals surface area contributed by atoms with Crippen LogP contribution in [0, 0.1) is 10.1 Å². The van der Waals surface area contributed by atoms with Crippen LogP contribution in [0.1, 0.15) is 24.5 Å². The van der Waals surface area contributed by atoms with Crippen molar-refractivity contribution in [3.8, 4) is 11.5 Å². The van der Waals surface area contributed by atoms with Gasteiger partial charge < -0.3 is 13.9 Å². The number of rotatable bonds is 7. The molecule has 0 atom stereocenters. The molecule has 0 amide bonds. The van der Waals surface area contributed by atoms with Crippen molar-refractivity contribution >= 4 is 16.7 Å². The molecule has 0 aliphatic carbocycles. The molecular weight excluding hydrogens is 350 g/mol. The zero-order valence-corrected chi connectivity index (χ0v) is 15.1. The van der Waals surface area contributed by atoms with Gasteiger partial charge in [-0.15, -0.1) is 0 Å². The second-order valence-corrected chi connectivity index (χ2v) is 6.04. The van der Waals surface area contributed by atoms with Gasteiger partial charge in [-0.1, -0.05) is 13.3 Å². The van der Waals surface area contributed by atoms with Crippen LogP contribution in [-0.2, 0) is 13.0 Å². The van der Waals surface area contributed by atoms with Crippen LogP contribution in [0.15, 0.2) is 51.7 Å². The van der Waals surface area contributed by atoms with E-state index < -0.39 is 10.5 Å². The zero-order valence-electron chi connectivity index (χ0n) is 15.1. The molecule has 0 spiro atoms. The van der Waals surface area contributed by atoms with E-state index in [0.29, 0.717) is 22.6 Å². The lowest BCUT2D eigenvalue weighted by molar-refractivity contribution is -0.385. The molecule has 0 aliphatic heterocycles. The maximum Gasteiger partial charge on any atom is 0.336 e. The van der Waals surface area contributed by atoms with Gasteiger partial charge in [0.15, 0.2) is 0 Å². The molecule has 0 bridgehead atoms. The van der Waals surface area contributed by atoms with E-state index in [-0.39, 0.29) is 12.3 Å². The lowest BCUT2D eigenvalue weighted by Crippen LogP contribution is -2.02. The van der Waals surface area contributed by atoms with E-state index in [2.05, 4.69) is 0 Å². The molecule has 0 unspecified atom stereocenters. The SMILES string of the molecule is CCCc1cc(=O)oc2cc(OCc3cc([N+](=O)[O-])ccc3OC)ccc12. The Morgan fingerprint density at radius 2 is 1.93 bits per heavy atom. The molecule has 0 radical (unpaired) electrons. The molecule has 0 N–H and O–H groups in total. The summed E-state index contributed by atoms with van der Waals surface area (Å²) in [6.07, 6.45) is 1.70. The monoisotopic (exact) mass is 369 g/mol. The maximum atomic E-state index is 11.8. The molecule has 1 heterocycles. The maximum absolute atomic E-state index is 11.8. The molecule has 0 saturated carbocycles. The molecule has 3 rings (SSSR count). The highest BCUT2D eigenvalue weighted by Gasteiger charge is 2.13. The van der Waals surface area contributed by atoms with Crippen molar-refractivity contribution in [2.24, 2.45) is 0 Å². The van der Waals surface area contributed by atoms with Gasteiger partial charge in [0, 0.05) is 35.2 Å². The van der Waals surface area contributed by atoms with Gasteiger partial charge in [-0.25, -0.2) is 4.79 Å². The minimum Gasteiger partial charge on any atom is -0.496 e. The Labute approximate surface area is 155 Å². The van der Waals surface area contributed by atoms with Crippen LogP contribution in [0.25, 0.3) is 11.0 Å². The highest BCUT2D eigenvalue weighted by Crippen LogP contribution is 2.27. The van der Waals surface area contributed by atoms with E-state index in [9.17, 15) is 14.9 Å². The van der Waals surface area contributed by atoms with Gasteiger partial charge in [0.2, 0.25) is 0 Å². The van der Waals surface area contributed by atoms with E-state index in [1.165, 1.54) is 31.4 Å². The van der Waals surface area contributed by atoms with Crippen LogP contribution < -0.4 is 15.1 Å². The molecule has 0 aliphatic rings. The molecule has 1 aromatic heterocycles. The van der Waals surface area contributed by atoms with Gasteiger partial charge in [-0.2, -0.15) is 0 Å². The van der Waals surface area contributed by atoms with Crippen LogP contribution >= 0.6 is 0 Å². The minimum atomic E-state index is -0.469. The summed E-state index contributed by atoms with van der Waals surface area (Å²) in [7, 11) is 1.49. The molecule has 140 valence electrons. The van der Waals surface area contributed by atoms with E-state index >= 15 is 0 Å². The van der Waals surface area contributed by atoms with Crippen molar-refractivity contribution in [3.63, 3.8) is 0 Å². The number of nitro groups is 1. The second-order valence-electron chi connectivity index (χ2n) is 6.04. The van der Waals surface area contributed by atoms with Crippen molar-refractivity contribution in [1.82, 2.24) is 0 Å². The van der Waals surface area contributed by atoms with Crippen molar-refractivity contribution in [3.05, 3.63) is 74.1 Å². The third-order valence-corrected chi connectivity index (χ3v) is 4.19. The summed E-state index contributed by atoms with van der Waals surface area (Å²) in [6.45, 7) is 2.12. The lowest BCUT2D eigenvalue weighted by Gasteiger charge is -2.11. The number of non-ortho nitro benzene ring substituents is 1. The molecular formula is C20H19NO6. The van der Waals surface area contributed by atoms with E-state index in [1.54, 1.807) is 12.1 Å². The Balaban J connectivity index is 1.88.